The van der Waals surface area contributed by atoms with Gasteiger partial charge in [0.1, 0.15) is 0 Å². The Kier molecular flexibility index (Phi) is 14.7. The van der Waals surface area contributed by atoms with Gasteiger partial charge in [-0.3, -0.25) is 0 Å². The zero-order chi connectivity index (χ0) is 17.7. The molecule has 0 saturated heterocycles. The molecule has 128 valence electrons. The third-order valence-electron chi connectivity index (χ3n) is 2.30. The van der Waals surface area contributed by atoms with Crippen molar-refractivity contribution in [2.75, 3.05) is 0 Å². The van der Waals surface area contributed by atoms with Crippen molar-refractivity contribution in [2.24, 2.45) is 5.92 Å². The van der Waals surface area contributed by atoms with E-state index in [0.717, 1.165) is 0 Å². The summed E-state index contributed by atoms with van der Waals surface area (Å²) in [7, 11) is 0. The molecule has 2 aromatic rings. The Bertz CT molecular complexity index is 592. The molecule has 2 rings (SSSR count). The van der Waals surface area contributed by atoms with E-state index in [9.17, 15) is 0 Å². The SMILES string of the molecule is CC(C)C#N.Cl.OC(=S)c1ccccc1.OC(=S)c1ccccc1. The zero-order valence-electron chi connectivity index (χ0n) is 13.4. The van der Waals surface area contributed by atoms with E-state index in [0.29, 0.717) is 11.1 Å². The molecule has 0 atom stereocenters. The molecule has 3 nitrogen and oxygen atoms in total. The fourth-order valence-electron chi connectivity index (χ4n) is 1.16. The Morgan fingerprint density at radius 1 is 0.833 bits per heavy atom. The van der Waals surface area contributed by atoms with Crippen molar-refractivity contribution in [1.82, 2.24) is 0 Å². The third-order valence-corrected chi connectivity index (χ3v) is 2.77. The molecule has 0 radical (unpaired) electrons. The average Bonchev–Trinajstić information content (AvgIpc) is 2.57. The molecule has 6 heteroatoms. The largest absolute Gasteiger partial charge is 0.499 e. The van der Waals surface area contributed by atoms with Gasteiger partial charge in [-0.15, -0.1) is 12.4 Å². The van der Waals surface area contributed by atoms with Gasteiger partial charge in [-0.1, -0.05) is 60.7 Å². The Balaban J connectivity index is 0. The van der Waals surface area contributed by atoms with E-state index in [1.165, 1.54) is 0 Å². The second-order valence-corrected chi connectivity index (χ2v) is 5.40. The van der Waals surface area contributed by atoms with Crippen molar-refractivity contribution in [2.45, 2.75) is 13.8 Å². The van der Waals surface area contributed by atoms with Gasteiger partial charge in [0.2, 0.25) is 0 Å². The van der Waals surface area contributed by atoms with Gasteiger partial charge in [-0.05, 0) is 38.3 Å². The van der Waals surface area contributed by atoms with E-state index < -0.39 is 0 Å². The van der Waals surface area contributed by atoms with Gasteiger partial charge in [-0.2, -0.15) is 5.26 Å². The van der Waals surface area contributed by atoms with E-state index >= 15 is 0 Å². The van der Waals surface area contributed by atoms with Crippen molar-refractivity contribution >= 4 is 46.9 Å². The first-order valence-corrected chi connectivity index (χ1v) is 7.66. The molecular weight excluding hydrogens is 362 g/mol. The lowest BCUT2D eigenvalue weighted by molar-refractivity contribution is 0.570. The molecule has 24 heavy (non-hydrogen) atoms. The van der Waals surface area contributed by atoms with Crippen LogP contribution in [-0.4, -0.2) is 20.3 Å². The summed E-state index contributed by atoms with van der Waals surface area (Å²) in [6.07, 6.45) is 0. The fraction of sp³-hybridized carbons (Fsp3) is 0.167. The number of nitriles is 1. The summed E-state index contributed by atoms with van der Waals surface area (Å²) >= 11 is 9.04. The Morgan fingerprint density at radius 2 is 1.08 bits per heavy atom. The van der Waals surface area contributed by atoms with Gasteiger partial charge in [0.05, 0.1) is 6.07 Å². The third kappa shape index (κ3) is 12.5. The maximum atomic E-state index is 8.76. The van der Waals surface area contributed by atoms with Gasteiger partial charge in [0.15, 0.2) is 10.1 Å². The molecule has 0 amide bonds. The Labute approximate surface area is 160 Å². The van der Waals surface area contributed by atoms with Gasteiger partial charge in [0, 0.05) is 17.0 Å². The molecule has 0 bridgehead atoms. The van der Waals surface area contributed by atoms with Gasteiger partial charge in [0.25, 0.3) is 0 Å². The van der Waals surface area contributed by atoms with Crippen LogP contribution in [0.4, 0.5) is 0 Å². The highest BCUT2D eigenvalue weighted by Gasteiger charge is 1.92. The van der Waals surface area contributed by atoms with Crippen LogP contribution in [-0.2, 0) is 0 Å². The summed E-state index contributed by atoms with van der Waals surface area (Å²) in [6.45, 7) is 3.72. The first-order chi connectivity index (χ1) is 10.9. The molecule has 0 fully saturated rings. The maximum Gasteiger partial charge on any atom is 0.188 e. The van der Waals surface area contributed by atoms with Crippen molar-refractivity contribution in [3.05, 3.63) is 71.8 Å². The molecule has 0 saturated carbocycles. The highest BCUT2D eigenvalue weighted by atomic mass is 35.5. The van der Waals surface area contributed by atoms with Crippen molar-refractivity contribution in [1.29, 1.82) is 5.26 Å². The maximum absolute atomic E-state index is 8.76. The topological polar surface area (TPSA) is 64.2 Å². The molecule has 0 unspecified atom stereocenters. The summed E-state index contributed by atoms with van der Waals surface area (Å²) in [4.78, 5) is 0. The van der Waals surface area contributed by atoms with Crippen LogP contribution < -0.4 is 0 Å². The van der Waals surface area contributed by atoms with Crippen molar-refractivity contribution < 1.29 is 10.2 Å². The van der Waals surface area contributed by atoms with Crippen LogP contribution in [0.25, 0.3) is 0 Å². The number of aliphatic hydroxyl groups is 2. The fourth-order valence-corrected chi connectivity index (χ4v) is 1.43. The van der Waals surface area contributed by atoms with Gasteiger partial charge >= 0.3 is 0 Å². The van der Waals surface area contributed by atoms with E-state index in [1.54, 1.807) is 24.3 Å². The van der Waals surface area contributed by atoms with Crippen LogP contribution in [0.1, 0.15) is 25.0 Å². The quantitative estimate of drug-likeness (QED) is 0.679. The lowest BCUT2D eigenvalue weighted by Crippen LogP contribution is -1.91. The van der Waals surface area contributed by atoms with Crippen LogP contribution in [0, 0.1) is 17.2 Å². The van der Waals surface area contributed by atoms with E-state index in [4.69, 9.17) is 15.5 Å². The zero-order valence-corrected chi connectivity index (χ0v) is 15.9. The number of halogens is 1. The number of nitrogens with zero attached hydrogens (tertiary/aromatic N) is 1. The average molecular weight is 382 g/mol. The molecule has 0 aliphatic carbocycles. The van der Waals surface area contributed by atoms with Gasteiger partial charge < -0.3 is 10.2 Å². The van der Waals surface area contributed by atoms with Crippen LogP contribution >= 0.6 is 36.8 Å². The van der Waals surface area contributed by atoms with E-state index in [1.807, 2.05) is 56.3 Å². The van der Waals surface area contributed by atoms with E-state index in [-0.39, 0.29) is 28.4 Å². The lowest BCUT2D eigenvalue weighted by atomic mass is 10.2. The van der Waals surface area contributed by atoms with Gasteiger partial charge in [-0.25, -0.2) is 0 Å². The number of benzene rings is 2. The first kappa shape index (κ1) is 24.3. The Hall–Kier alpha value is -2.00. The molecular formula is C18H20ClNO2S2. The lowest BCUT2D eigenvalue weighted by Gasteiger charge is -1.91. The van der Waals surface area contributed by atoms with E-state index in [2.05, 4.69) is 24.4 Å². The molecule has 0 aliphatic rings. The standard InChI is InChI=1S/2C7H6OS.C4H7N.ClH/c2*8-7(9)6-4-2-1-3-5-6;1-4(2)3-5;/h2*1-5H,(H,8,9);4H,1-2H3;1H. The monoisotopic (exact) mass is 381 g/mol. The Morgan fingerprint density at radius 3 is 1.21 bits per heavy atom. The normalized spacial score (nSPS) is 8.25. The molecule has 2 aromatic carbocycles. The predicted molar refractivity (Wildman–Crippen MR) is 109 cm³/mol. The van der Waals surface area contributed by atoms with Crippen molar-refractivity contribution in [3.63, 3.8) is 0 Å². The first-order valence-electron chi connectivity index (χ1n) is 6.84. The minimum atomic E-state index is -0.0457. The van der Waals surface area contributed by atoms with Crippen LogP contribution in [0.3, 0.4) is 0 Å². The molecule has 0 heterocycles. The highest BCUT2D eigenvalue weighted by molar-refractivity contribution is 7.80. The summed E-state index contributed by atoms with van der Waals surface area (Å²) in [5, 5.41) is 25.3. The number of thiocarbonyl (C=S) groups is 2. The molecule has 0 spiro atoms. The van der Waals surface area contributed by atoms with Crippen LogP contribution in [0.5, 0.6) is 0 Å². The van der Waals surface area contributed by atoms with Crippen molar-refractivity contribution in [3.8, 4) is 6.07 Å². The van der Waals surface area contributed by atoms with Crippen LogP contribution in [0.15, 0.2) is 60.7 Å². The minimum absolute atomic E-state index is 0. The predicted octanol–water partition coefficient (Wildman–Crippen LogP) is 5.43. The molecule has 0 aromatic heterocycles. The smallest absolute Gasteiger partial charge is 0.188 e. The summed E-state index contributed by atoms with van der Waals surface area (Å²) in [6, 6.07) is 20.2. The second kappa shape index (κ2) is 14.6. The second-order valence-electron chi connectivity index (χ2n) is 4.63. The number of rotatable bonds is 2. The van der Waals surface area contributed by atoms with Crippen LogP contribution in [0.2, 0.25) is 0 Å². The summed E-state index contributed by atoms with van der Waals surface area (Å²) < 4.78 is 0. The number of hydrogen-bond donors (Lipinski definition) is 2. The molecule has 2 N–H and O–H groups in total. The summed E-state index contributed by atoms with van der Waals surface area (Å²) in [5.74, 6) is 0.190. The minimum Gasteiger partial charge on any atom is -0.499 e. The molecule has 0 aliphatic heterocycles. The number of hydrogen-bond acceptors (Lipinski definition) is 3. The summed E-state index contributed by atoms with van der Waals surface area (Å²) in [5.41, 5.74) is 1.40. The number of aliphatic hydroxyl groups excluding tert-OH is 2. The highest BCUT2D eigenvalue weighted by Crippen LogP contribution is 1.98.